The van der Waals surface area contributed by atoms with Crippen LogP contribution in [-0.4, -0.2) is 32.1 Å². The first-order valence-electron chi connectivity index (χ1n) is 5.22. The Kier molecular flexibility index (Phi) is 3.74. The molecule has 9 heteroatoms. The van der Waals surface area contributed by atoms with Crippen LogP contribution < -0.4 is 5.43 Å². The minimum atomic E-state index is -0.516. The van der Waals surface area contributed by atoms with E-state index in [4.69, 9.17) is 0 Å². The summed E-state index contributed by atoms with van der Waals surface area (Å²) < 4.78 is 15.2. The van der Waals surface area contributed by atoms with Crippen molar-refractivity contribution in [3.8, 4) is 0 Å². The van der Waals surface area contributed by atoms with E-state index < -0.39 is 11.9 Å². The van der Waals surface area contributed by atoms with Crippen LogP contribution in [0.2, 0.25) is 0 Å². The van der Waals surface area contributed by atoms with E-state index in [0.29, 0.717) is 10.2 Å². The molecule has 2 rings (SSSR count). The zero-order valence-electron chi connectivity index (χ0n) is 10.1. The number of nitrogens with zero attached hydrogens (tertiary/aromatic N) is 4. The number of H-pyrrole nitrogens is 1. The van der Waals surface area contributed by atoms with Crippen LogP contribution in [0.5, 0.6) is 0 Å². The number of hydrogen-bond donors (Lipinski definition) is 2. The third kappa shape index (κ3) is 2.70. The van der Waals surface area contributed by atoms with Crippen molar-refractivity contribution in [1.82, 2.24) is 25.4 Å². The molecular formula is C10H10BrFN6O. The topological polar surface area (TPSA) is 88.0 Å². The van der Waals surface area contributed by atoms with Gasteiger partial charge in [0, 0.05) is 7.05 Å². The fraction of sp³-hybridized carbons (Fsp3) is 0.200. The van der Waals surface area contributed by atoms with Crippen molar-refractivity contribution in [2.45, 2.75) is 6.92 Å². The number of carbonyl (C=O) groups is 1. The minimum Gasteiger partial charge on any atom is -0.272 e. The highest BCUT2D eigenvalue weighted by Crippen LogP contribution is 2.12. The summed E-state index contributed by atoms with van der Waals surface area (Å²) in [6, 6.07) is 0. The van der Waals surface area contributed by atoms with E-state index in [2.05, 4.69) is 41.8 Å². The van der Waals surface area contributed by atoms with E-state index in [9.17, 15) is 9.18 Å². The molecule has 0 aliphatic heterocycles. The van der Waals surface area contributed by atoms with E-state index in [0.717, 1.165) is 4.68 Å². The molecule has 0 radical (unpaired) electrons. The van der Waals surface area contributed by atoms with Crippen molar-refractivity contribution in [1.29, 1.82) is 0 Å². The van der Waals surface area contributed by atoms with Crippen molar-refractivity contribution in [2.75, 3.05) is 0 Å². The molecule has 0 atom stereocenters. The van der Waals surface area contributed by atoms with Gasteiger partial charge in [0.2, 0.25) is 5.95 Å². The number of hydrazone groups is 1. The van der Waals surface area contributed by atoms with E-state index in [-0.39, 0.29) is 11.3 Å². The highest BCUT2D eigenvalue weighted by molar-refractivity contribution is 9.10. The van der Waals surface area contributed by atoms with Gasteiger partial charge in [-0.3, -0.25) is 9.89 Å². The molecule has 0 unspecified atom stereocenters. The Hall–Kier alpha value is -2.03. The van der Waals surface area contributed by atoms with Crippen LogP contribution in [0.1, 0.15) is 21.7 Å². The van der Waals surface area contributed by atoms with Gasteiger partial charge in [-0.25, -0.2) is 10.1 Å². The predicted molar refractivity (Wildman–Crippen MR) is 69.3 cm³/mol. The predicted octanol–water partition coefficient (Wildman–Crippen LogP) is 1.12. The largest absolute Gasteiger partial charge is 0.290 e. The second-order valence-electron chi connectivity index (χ2n) is 3.71. The monoisotopic (exact) mass is 328 g/mol. The molecule has 0 bridgehead atoms. The SMILES string of the molecule is Cc1nn(C)c(F)c1/C=N\NC(=O)c1[nH]ncc1Br. The molecule has 0 aliphatic rings. The lowest BCUT2D eigenvalue weighted by atomic mass is 10.3. The molecule has 2 aromatic heterocycles. The number of hydrogen-bond acceptors (Lipinski definition) is 4. The van der Waals surface area contributed by atoms with Gasteiger partial charge >= 0.3 is 0 Å². The van der Waals surface area contributed by atoms with Crippen molar-refractivity contribution in [3.63, 3.8) is 0 Å². The fourth-order valence-electron chi connectivity index (χ4n) is 1.44. The quantitative estimate of drug-likeness (QED) is 0.653. The average molecular weight is 329 g/mol. The van der Waals surface area contributed by atoms with Gasteiger partial charge in [0.25, 0.3) is 5.91 Å². The van der Waals surface area contributed by atoms with Crippen molar-refractivity contribution in [2.24, 2.45) is 12.1 Å². The third-order valence-corrected chi connectivity index (χ3v) is 2.98. The maximum atomic E-state index is 13.6. The first kappa shape index (κ1) is 13.4. The Bertz CT molecular complexity index is 646. The summed E-state index contributed by atoms with van der Waals surface area (Å²) in [7, 11) is 1.49. The lowest BCUT2D eigenvalue weighted by Gasteiger charge is -1.96. The van der Waals surface area contributed by atoms with E-state index in [1.165, 1.54) is 19.5 Å². The molecule has 0 spiro atoms. The van der Waals surface area contributed by atoms with Crippen LogP contribution in [0.15, 0.2) is 15.8 Å². The first-order valence-corrected chi connectivity index (χ1v) is 6.01. The average Bonchev–Trinajstić information content (AvgIpc) is 2.88. The molecule has 100 valence electrons. The molecule has 19 heavy (non-hydrogen) atoms. The van der Waals surface area contributed by atoms with Crippen LogP contribution in [0.4, 0.5) is 4.39 Å². The fourth-order valence-corrected chi connectivity index (χ4v) is 1.81. The van der Waals surface area contributed by atoms with Gasteiger partial charge in [0.05, 0.1) is 28.1 Å². The maximum Gasteiger partial charge on any atom is 0.290 e. The number of amides is 1. The molecule has 0 saturated carbocycles. The molecule has 0 fully saturated rings. The molecule has 0 aliphatic carbocycles. The lowest BCUT2D eigenvalue weighted by molar-refractivity contribution is 0.0949. The molecule has 2 N–H and O–H groups in total. The van der Waals surface area contributed by atoms with Crippen LogP contribution in [-0.2, 0) is 7.05 Å². The first-order chi connectivity index (χ1) is 9.00. The van der Waals surface area contributed by atoms with Crippen LogP contribution in [0.3, 0.4) is 0 Å². The van der Waals surface area contributed by atoms with Crippen LogP contribution in [0, 0.1) is 12.9 Å². The second-order valence-corrected chi connectivity index (χ2v) is 4.56. The van der Waals surface area contributed by atoms with E-state index in [1.54, 1.807) is 6.92 Å². The molecule has 2 heterocycles. The van der Waals surface area contributed by atoms with Crippen LogP contribution in [0.25, 0.3) is 0 Å². The van der Waals surface area contributed by atoms with Crippen molar-refractivity contribution >= 4 is 28.1 Å². The Morgan fingerprint density at radius 3 is 2.95 bits per heavy atom. The van der Waals surface area contributed by atoms with Gasteiger partial charge in [0.1, 0.15) is 5.69 Å². The van der Waals surface area contributed by atoms with Gasteiger partial charge in [-0.1, -0.05) is 0 Å². The van der Waals surface area contributed by atoms with Gasteiger partial charge in [-0.15, -0.1) is 0 Å². The summed E-state index contributed by atoms with van der Waals surface area (Å²) in [5.74, 6) is -0.999. The number of carbonyl (C=O) groups excluding carboxylic acids is 1. The number of halogens is 2. The van der Waals surface area contributed by atoms with E-state index >= 15 is 0 Å². The molecule has 2 aromatic rings. The summed E-state index contributed by atoms with van der Waals surface area (Å²) in [6.07, 6.45) is 2.66. The Morgan fingerprint density at radius 2 is 2.42 bits per heavy atom. The van der Waals surface area contributed by atoms with Gasteiger partial charge in [-0.05, 0) is 22.9 Å². The number of aromatic amines is 1. The minimum absolute atomic E-state index is 0.228. The molecule has 0 saturated heterocycles. The van der Waals surface area contributed by atoms with Crippen molar-refractivity contribution < 1.29 is 9.18 Å². The highest BCUT2D eigenvalue weighted by atomic mass is 79.9. The van der Waals surface area contributed by atoms with Crippen LogP contribution >= 0.6 is 15.9 Å². The van der Waals surface area contributed by atoms with E-state index in [1.807, 2.05) is 0 Å². The molecule has 0 aromatic carbocycles. The summed E-state index contributed by atoms with van der Waals surface area (Å²) in [6.45, 7) is 1.65. The maximum absolute atomic E-state index is 13.6. The Labute approximate surface area is 116 Å². The Balaban J connectivity index is 2.09. The number of rotatable bonds is 3. The zero-order valence-corrected chi connectivity index (χ0v) is 11.7. The Morgan fingerprint density at radius 1 is 1.68 bits per heavy atom. The lowest BCUT2D eigenvalue weighted by Crippen LogP contribution is -2.18. The normalized spacial score (nSPS) is 11.2. The zero-order chi connectivity index (χ0) is 14.0. The van der Waals surface area contributed by atoms with Gasteiger partial charge < -0.3 is 0 Å². The number of nitrogens with one attached hydrogen (secondary N) is 2. The molecule has 1 amide bonds. The molecular weight excluding hydrogens is 319 g/mol. The standard InChI is InChI=1S/C10H10BrFN6O/c1-5-6(9(12)18(2)17-5)3-13-16-10(19)8-7(11)4-14-15-8/h3-4H,1-2H3,(H,14,15)(H,16,19)/b13-3-. The van der Waals surface area contributed by atoms with Gasteiger partial charge in [0.15, 0.2) is 0 Å². The summed E-state index contributed by atoms with van der Waals surface area (Å²) in [5, 5.41) is 13.8. The second kappa shape index (κ2) is 5.31. The summed E-state index contributed by atoms with van der Waals surface area (Å²) in [4.78, 5) is 11.7. The smallest absolute Gasteiger partial charge is 0.272 e. The highest BCUT2D eigenvalue weighted by Gasteiger charge is 2.12. The summed E-state index contributed by atoms with van der Waals surface area (Å²) in [5.41, 5.74) is 3.22. The number of aromatic nitrogens is 4. The summed E-state index contributed by atoms with van der Waals surface area (Å²) >= 11 is 3.15. The van der Waals surface area contributed by atoms with Crippen molar-refractivity contribution in [3.05, 3.63) is 33.6 Å². The molecule has 7 nitrogen and oxygen atoms in total. The third-order valence-electron chi connectivity index (χ3n) is 2.38. The van der Waals surface area contributed by atoms with Gasteiger partial charge in [-0.2, -0.15) is 19.7 Å². The number of aryl methyl sites for hydroxylation is 2.